The van der Waals surface area contributed by atoms with Crippen molar-refractivity contribution in [1.29, 1.82) is 0 Å². The van der Waals surface area contributed by atoms with Gasteiger partial charge in [-0.1, -0.05) is 18.2 Å². The van der Waals surface area contributed by atoms with Crippen molar-refractivity contribution < 1.29 is 4.74 Å². The van der Waals surface area contributed by atoms with Crippen LogP contribution in [0.5, 0.6) is 5.75 Å². The molecule has 1 saturated heterocycles. The van der Waals surface area contributed by atoms with Crippen LogP contribution < -0.4 is 15.4 Å². The van der Waals surface area contributed by atoms with Gasteiger partial charge in [0.1, 0.15) is 5.75 Å². The number of aliphatic imine (C=N–C) groups is 1. The molecule has 0 bridgehead atoms. The molecular weight excluding hydrogens is 465 g/mol. The van der Waals surface area contributed by atoms with Crippen molar-refractivity contribution in [3.63, 3.8) is 0 Å². The SMILES string of the molecule is CN=C(NCCn1cccc1)NCC(c1ccccc1OC)N1CCCC1.I. The zero-order chi connectivity index (χ0) is 18.9. The summed E-state index contributed by atoms with van der Waals surface area (Å²) in [5, 5.41) is 6.91. The van der Waals surface area contributed by atoms with Crippen molar-refractivity contribution in [3.8, 4) is 5.75 Å². The van der Waals surface area contributed by atoms with Crippen molar-refractivity contribution >= 4 is 29.9 Å². The fourth-order valence-electron chi connectivity index (χ4n) is 3.67. The van der Waals surface area contributed by atoms with Gasteiger partial charge in [-0.15, -0.1) is 24.0 Å². The van der Waals surface area contributed by atoms with Crippen molar-refractivity contribution in [3.05, 3.63) is 54.4 Å². The van der Waals surface area contributed by atoms with Crippen LogP contribution in [0.1, 0.15) is 24.4 Å². The monoisotopic (exact) mass is 497 g/mol. The molecule has 1 atom stereocenters. The van der Waals surface area contributed by atoms with E-state index in [1.807, 2.05) is 31.3 Å². The quantitative estimate of drug-likeness (QED) is 0.335. The highest BCUT2D eigenvalue weighted by atomic mass is 127. The van der Waals surface area contributed by atoms with Gasteiger partial charge >= 0.3 is 0 Å². The van der Waals surface area contributed by atoms with Crippen LogP contribution in [-0.4, -0.2) is 55.8 Å². The fraction of sp³-hybridized carbons (Fsp3) is 0.476. The Morgan fingerprint density at radius 1 is 1.11 bits per heavy atom. The molecule has 1 aliphatic rings. The number of nitrogens with zero attached hydrogens (tertiary/aromatic N) is 3. The first-order valence-electron chi connectivity index (χ1n) is 9.74. The summed E-state index contributed by atoms with van der Waals surface area (Å²) in [6.45, 7) is 4.80. The molecule has 0 saturated carbocycles. The second kappa shape index (κ2) is 12.0. The predicted octanol–water partition coefficient (Wildman–Crippen LogP) is 3.12. The summed E-state index contributed by atoms with van der Waals surface area (Å²) in [5.74, 6) is 1.79. The van der Waals surface area contributed by atoms with Crippen molar-refractivity contribution in [2.45, 2.75) is 25.4 Å². The van der Waals surface area contributed by atoms with Gasteiger partial charge in [0.05, 0.1) is 13.2 Å². The smallest absolute Gasteiger partial charge is 0.191 e. The average Bonchev–Trinajstić information content (AvgIpc) is 3.41. The first kappa shape index (κ1) is 22.5. The summed E-state index contributed by atoms with van der Waals surface area (Å²) in [6.07, 6.45) is 6.66. The van der Waals surface area contributed by atoms with E-state index in [4.69, 9.17) is 4.74 Å². The molecule has 1 aromatic heterocycles. The third kappa shape index (κ3) is 6.13. The van der Waals surface area contributed by atoms with E-state index in [2.05, 4.69) is 49.6 Å². The van der Waals surface area contributed by atoms with Crippen molar-refractivity contribution in [2.24, 2.45) is 4.99 Å². The molecule has 0 aliphatic carbocycles. The van der Waals surface area contributed by atoms with Crippen LogP contribution in [0, 0.1) is 0 Å². The summed E-state index contributed by atoms with van der Waals surface area (Å²) in [4.78, 5) is 6.92. The molecule has 1 fully saturated rings. The summed E-state index contributed by atoms with van der Waals surface area (Å²) in [6, 6.07) is 12.7. The molecule has 2 aromatic rings. The number of benzene rings is 1. The maximum Gasteiger partial charge on any atom is 0.191 e. The molecule has 154 valence electrons. The largest absolute Gasteiger partial charge is 0.496 e. The normalized spacial score (nSPS) is 15.7. The Hall–Kier alpha value is -1.74. The van der Waals surface area contributed by atoms with Crippen LogP contribution in [0.4, 0.5) is 0 Å². The second-order valence-electron chi connectivity index (χ2n) is 6.80. The minimum atomic E-state index is 0. The lowest BCUT2D eigenvalue weighted by Crippen LogP contribution is -2.43. The number of halogens is 1. The van der Waals surface area contributed by atoms with Crippen molar-refractivity contribution in [1.82, 2.24) is 20.1 Å². The first-order valence-corrected chi connectivity index (χ1v) is 9.74. The van der Waals surface area contributed by atoms with Gasteiger partial charge in [0.2, 0.25) is 0 Å². The number of guanidine groups is 1. The topological polar surface area (TPSA) is 53.8 Å². The Morgan fingerprint density at radius 2 is 1.82 bits per heavy atom. The minimum absolute atomic E-state index is 0. The van der Waals surface area contributed by atoms with E-state index in [1.54, 1.807) is 7.11 Å². The summed E-state index contributed by atoms with van der Waals surface area (Å²) >= 11 is 0. The summed E-state index contributed by atoms with van der Waals surface area (Å²) < 4.78 is 7.78. The number of rotatable bonds is 8. The number of aromatic nitrogens is 1. The standard InChI is InChI=1S/C21H31N5O.HI/c1-22-21(23-11-16-25-12-5-6-13-25)24-17-19(26-14-7-8-15-26)18-9-3-4-10-20(18)27-2;/h3-6,9-10,12-13,19H,7-8,11,14-17H2,1-2H3,(H2,22,23,24);1H. The lowest BCUT2D eigenvalue weighted by atomic mass is 10.0. The molecule has 0 spiro atoms. The number of para-hydroxylation sites is 1. The Labute approximate surface area is 185 Å². The van der Waals surface area contributed by atoms with Gasteiger partial charge in [-0.2, -0.15) is 0 Å². The zero-order valence-corrected chi connectivity index (χ0v) is 19.1. The molecule has 0 amide bonds. The molecule has 6 nitrogen and oxygen atoms in total. The summed E-state index contributed by atoms with van der Waals surface area (Å²) in [5.41, 5.74) is 1.23. The van der Waals surface area contributed by atoms with Gasteiger partial charge in [-0.05, 0) is 44.1 Å². The maximum absolute atomic E-state index is 5.62. The van der Waals surface area contributed by atoms with E-state index >= 15 is 0 Å². The number of ether oxygens (including phenoxy) is 1. The highest BCUT2D eigenvalue weighted by Gasteiger charge is 2.25. The molecule has 3 rings (SSSR count). The molecule has 7 heteroatoms. The van der Waals surface area contributed by atoms with Crippen LogP contribution in [0.2, 0.25) is 0 Å². The van der Waals surface area contributed by atoms with Gasteiger partial charge in [0.15, 0.2) is 5.96 Å². The van der Waals surface area contributed by atoms with E-state index in [-0.39, 0.29) is 30.0 Å². The number of hydrogen-bond donors (Lipinski definition) is 2. The third-order valence-corrected chi connectivity index (χ3v) is 5.09. The van der Waals surface area contributed by atoms with Crippen molar-refractivity contribution in [2.75, 3.05) is 40.3 Å². The Morgan fingerprint density at radius 3 is 2.50 bits per heavy atom. The minimum Gasteiger partial charge on any atom is -0.496 e. The van der Waals surface area contributed by atoms with Gasteiger partial charge in [0.25, 0.3) is 0 Å². The number of nitrogens with one attached hydrogen (secondary N) is 2. The van der Waals surface area contributed by atoms with E-state index < -0.39 is 0 Å². The number of likely N-dealkylation sites (tertiary alicyclic amines) is 1. The molecule has 1 aromatic carbocycles. The van der Waals surface area contributed by atoms with Crippen LogP contribution >= 0.6 is 24.0 Å². The number of methoxy groups -OCH3 is 1. The molecule has 2 heterocycles. The van der Waals surface area contributed by atoms with E-state index in [9.17, 15) is 0 Å². The van der Waals surface area contributed by atoms with Gasteiger partial charge in [-0.25, -0.2) is 0 Å². The third-order valence-electron chi connectivity index (χ3n) is 5.09. The Balaban J connectivity index is 0.00000280. The molecule has 2 N–H and O–H groups in total. The number of hydrogen-bond acceptors (Lipinski definition) is 3. The summed E-state index contributed by atoms with van der Waals surface area (Å²) in [7, 11) is 3.56. The molecule has 1 unspecified atom stereocenters. The van der Waals surface area contributed by atoms with Crippen LogP contribution in [0.3, 0.4) is 0 Å². The predicted molar refractivity (Wildman–Crippen MR) is 126 cm³/mol. The Kier molecular flexibility index (Phi) is 9.63. The second-order valence-corrected chi connectivity index (χ2v) is 6.80. The maximum atomic E-state index is 5.62. The van der Waals surface area contributed by atoms with Crippen LogP contribution in [0.25, 0.3) is 0 Å². The van der Waals surface area contributed by atoms with Crippen LogP contribution in [-0.2, 0) is 6.54 Å². The van der Waals surface area contributed by atoms with Crippen LogP contribution in [0.15, 0.2) is 53.8 Å². The lowest BCUT2D eigenvalue weighted by molar-refractivity contribution is 0.239. The molecule has 0 radical (unpaired) electrons. The van der Waals surface area contributed by atoms with Gasteiger partial charge in [-0.3, -0.25) is 9.89 Å². The van der Waals surface area contributed by atoms with Gasteiger partial charge < -0.3 is 19.9 Å². The van der Waals surface area contributed by atoms with E-state index in [0.29, 0.717) is 0 Å². The molecular formula is C21H32IN5O. The first-order chi connectivity index (χ1) is 13.3. The highest BCUT2D eigenvalue weighted by Crippen LogP contribution is 2.31. The Bertz CT molecular complexity index is 713. The lowest BCUT2D eigenvalue weighted by Gasteiger charge is -2.30. The fourth-order valence-corrected chi connectivity index (χ4v) is 3.67. The zero-order valence-electron chi connectivity index (χ0n) is 16.8. The highest BCUT2D eigenvalue weighted by molar-refractivity contribution is 14.0. The van der Waals surface area contributed by atoms with E-state index in [1.165, 1.54) is 18.4 Å². The average molecular weight is 497 g/mol. The molecule has 28 heavy (non-hydrogen) atoms. The molecule has 1 aliphatic heterocycles. The van der Waals surface area contributed by atoms with Gasteiger partial charge in [0, 0.05) is 44.6 Å². The van der Waals surface area contributed by atoms with E-state index in [0.717, 1.165) is 44.4 Å².